The van der Waals surface area contributed by atoms with E-state index in [1.807, 2.05) is 24.4 Å². The van der Waals surface area contributed by atoms with E-state index in [0.29, 0.717) is 13.0 Å². The van der Waals surface area contributed by atoms with Gasteiger partial charge in [0.15, 0.2) is 0 Å². The Morgan fingerprint density at radius 1 is 1.40 bits per heavy atom. The van der Waals surface area contributed by atoms with E-state index >= 15 is 0 Å². The van der Waals surface area contributed by atoms with Gasteiger partial charge in [-0.1, -0.05) is 12.1 Å². The number of hydrogen-bond acceptors (Lipinski definition) is 3. The summed E-state index contributed by atoms with van der Waals surface area (Å²) >= 11 is 0. The molecule has 0 spiro atoms. The summed E-state index contributed by atoms with van der Waals surface area (Å²) in [6.07, 6.45) is 2.62. The average molecular weight is 272 g/mol. The second-order valence-electron chi connectivity index (χ2n) is 4.91. The molecule has 5 heteroatoms. The van der Waals surface area contributed by atoms with Gasteiger partial charge in [0.2, 0.25) is 5.91 Å². The SMILES string of the molecule is CCOC(=O)C1Cc2c[nH]c3cccc(c23)CC(=O)N1. The molecule has 1 amide bonds. The predicted octanol–water partition coefficient (Wildman–Crippen LogP) is 1.31. The van der Waals surface area contributed by atoms with Crippen LogP contribution in [0.5, 0.6) is 0 Å². The molecule has 1 aliphatic heterocycles. The molecule has 0 fully saturated rings. The summed E-state index contributed by atoms with van der Waals surface area (Å²) in [7, 11) is 0. The molecule has 0 saturated heterocycles. The summed E-state index contributed by atoms with van der Waals surface area (Å²) in [6.45, 7) is 2.07. The smallest absolute Gasteiger partial charge is 0.328 e. The number of esters is 1. The van der Waals surface area contributed by atoms with Crippen LogP contribution in [0.1, 0.15) is 18.1 Å². The van der Waals surface area contributed by atoms with Crippen molar-refractivity contribution >= 4 is 22.8 Å². The zero-order chi connectivity index (χ0) is 14.1. The van der Waals surface area contributed by atoms with E-state index in [1.54, 1.807) is 6.92 Å². The van der Waals surface area contributed by atoms with E-state index in [9.17, 15) is 9.59 Å². The molecule has 0 bridgehead atoms. The molecule has 1 unspecified atom stereocenters. The first-order chi connectivity index (χ1) is 9.69. The third-order valence-corrected chi connectivity index (χ3v) is 3.56. The number of benzene rings is 1. The van der Waals surface area contributed by atoms with Gasteiger partial charge in [-0.05, 0) is 24.1 Å². The number of rotatable bonds is 2. The van der Waals surface area contributed by atoms with E-state index in [-0.39, 0.29) is 18.3 Å². The lowest BCUT2D eigenvalue weighted by Gasteiger charge is -2.20. The molecule has 3 rings (SSSR count). The number of amides is 1. The normalized spacial score (nSPS) is 18.2. The Bertz CT molecular complexity index is 675. The van der Waals surface area contributed by atoms with Crippen molar-refractivity contribution in [2.24, 2.45) is 0 Å². The van der Waals surface area contributed by atoms with E-state index < -0.39 is 6.04 Å². The van der Waals surface area contributed by atoms with Crippen molar-refractivity contribution in [1.29, 1.82) is 0 Å². The number of aromatic nitrogens is 1. The molecule has 0 aliphatic carbocycles. The summed E-state index contributed by atoms with van der Waals surface area (Å²) < 4.78 is 5.02. The maximum absolute atomic E-state index is 12.0. The fourth-order valence-corrected chi connectivity index (χ4v) is 2.72. The van der Waals surface area contributed by atoms with E-state index in [4.69, 9.17) is 4.74 Å². The number of ether oxygens (including phenoxy) is 1. The topological polar surface area (TPSA) is 71.2 Å². The number of nitrogens with one attached hydrogen (secondary N) is 2. The van der Waals surface area contributed by atoms with Gasteiger partial charge in [-0.15, -0.1) is 0 Å². The van der Waals surface area contributed by atoms with Crippen molar-refractivity contribution < 1.29 is 14.3 Å². The van der Waals surface area contributed by atoms with Gasteiger partial charge in [0.25, 0.3) is 0 Å². The standard InChI is InChI=1S/C15H16N2O3/c1-2-20-15(19)12-6-10-8-16-11-5-3-4-9(14(10)11)7-13(18)17-12/h3-5,8,12,16H,2,6-7H2,1H3,(H,17,18). The summed E-state index contributed by atoms with van der Waals surface area (Å²) in [5, 5.41) is 3.80. The molecule has 1 aliphatic rings. The van der Waals surface area contributed by atoms with Crippen LogP contribution in [0.2, 0.25) is 0 Å². The second kappa shape index (κ2) is 5.00. The first-order valence-corrected chi connectivity index (χ1v) is 6.73. The molecule has 5 nitrogen and oxygen atoms in total. The molecular weight excluding hydrogens is 256 g/mol. The highest BCUT2D eigenvalue weighted by Gasteiger charge is 2.26. The molecule has 0 radical (unpaired) electrons. The van der Waals surface area contributed by atoms with E-state index in [1.165, 1.54) is 0 Å². The van der Waals surface area contributed by atoms with Crippen LogP contribution >= 0.6 is 0 Å². The maximum atomic E-state index is 12.0. The first kappa shape index (κ1) is 12.7. The monoisotopic (exact) mass is 272 g/mol. The van der Waals surface area contributed by atoms with Gasteiger partial charge in [0.05, 0.1) is 13.0 Å². The fourth-order valence-electron chi connectivity index (χ4n) is 2.72. The van der Waals surface area contributed by atoms with Crippen molar-refractivity contribution in [2.45, 2.75) is 25.8 Å². The Hall–Kier alpha value is -2.30. The Morgan fingerprint density at radius 3 is 3.05 bits per heavy atom. The van der Waals surface area contributed by atoms with Crippen LogP contribution < -0.4 is 5.32 Å². The Kier molecular flexibility index (Phi) is 3.18. The van der Waals surface area contributed by atoms with Crippen LogP contribution in [0.15, 0.2) is 24.4 Å². The van der Waals surface area contributed by atoms with Crippen LogP contribution in [0.4, 0.5) is 0 Å². The van der Waals surface area contributed by atoms with E-state index in [2.05, 4.69) is 10.3 Å². The lowest BCUT2D eigenvalue weighted by Crippen LogP contribution is -2.44. The summed E-state index contributed by atoms with van der Waals surface area (Å²) in [5.74, 6) is -0.531. The molecular formula is C15H16N2O3. The number of hydrogen-bond donors (Lipinski definition) is 2. The first-order valence-electron chi connectivity index (χ1n) is 6.73. The number of carbonyl (C=O) groups is 2. The van der Waals surface area contributed by atoms with Crippen LogP contribution in [-0.4, -0.2) is 29.5 Å². The van der Waals surface area contributed by atoms with E-state index in [0.717, 1.165) is 22.0 Å². The number of carbonyl (C=O) groups excluding carboxylic acids is 2. The Balaban J connectivity index is 2.04. The summed E-state index contributed by atoms with van der Waals surface area (Å²) in [4.78, 5) is 27.1. The summed E-state index contributed by atoms with van der Waals surface area (Å²) in [5.41, 5.74) is 3.02. The van der Waals surface area contributed by atoms with Gasteiger partial charge >= 0.3 is 5.97 Å². The number of aromatic amines is 1. The van der Waals surface area contributed by atoms with Crippen LogP contribution in [-0.2, 0) is 27.2 Å². The average Bonchev–Trinajstić information content (AvgIpc) is 2.80. The molecule has 1 aromatic heterocycles. The third-order valence-electron chi connectivity index (χ3n) is 3.56. The maximum Gasteiger partial charge on any atom is 0.328 e. The Labute approximate surface area is 116 Å². The van der Waals surface area contributed by atoms with Gasteiger partial charge in [0.1, 0.15) is 6.04 Å². The second-order valence-corrected chi connectivity index (χ2v) is 4.91. The third kappa shape index (κ3) is 2.15. The molecule has 2 heterocycles. The van der Waals surface area contributed by atoms with Gasteiger partial charge in [-0.2, -0.15) is 0 Å². The van der Waals surface area contributed by atoms with Crippen molar-refractivity contribution in [3.63, 3.8) is 0 Å². The molecule has 2 aromatic rings. The zero-order valence-electron chi connectivity index (χ0n) is 11.2. The molecule has 1 aromatic carbocycles. The quantitative estimate of drug-likeness (QED) is 0.810. The van der Waals surface area contributed by atoms with Crippen molar-refractivity contribution in [3.05, 3.63) is 35.5 Å². The lowest BCUT2D eigenvalue weighted by molar-refractivity contribution is -0.147. The number of H-pyrrole nitrogens is 1. The van der Waals surface area contributed by atoms with Crippen LogP contribution in [0.25, 0.3) is 10.9 Å². The minimum atomic E-state index is -0.616. The van der Waals surface area contributed by atoms with Gasteiger partial charge in [-0.3, -0.25) is 4.79 Å². The Morgan fingerprint density at radius 2 is 2.25 bits per heavy atom. The minimum Gasteiger partial charge on any atom is -0.464 e. The molecule has 1 atom stereocenters. The highest BCUT2D eigenvalue weighted by Crippen LogP contribution is 2.25. The van der Waals surface area contributed by atoms with Crippen molar-refractivity contribution in [3.8, 4) is 0 Å². The predicted molar refractivity (Wildman–Crippen MR) is 74.3 cm³/mol. The highest BCUT2D eigenvalue weighted by atomic mass is 16.5. The van der Waals surface area contributed by atoms with Gasteiger partial charge < -0.3 is 15.0 Å². The highest BCUT2D eigenvalue weighted by molar-refractivity contribution is 5.94. The van der Waals surface area contributed by atoms with Gasteiger partial charge in [0, 0.05) is 23.5 Å². The van der Waals surface area contributed by atoms with Crippen LogP contribution in [0.3, 0.4) is 0 Å². The largest absolute Gasteiger partial charge is 0.464 e. The molecule has 104 valence electrons. The molecule has 0 saturated carbocycles. The molecule has 20 heavy (non-hydrogen) atoms. The summed E-state index contributed by atoms with van der Waals surface area (Å²) in [6, 6.07) is 5.23. The zero-order valence-corrected chi connectivity index (χ0v) is 11.2. The fraction of sp³-hybridized carbons (Fsp3) is 0.333. The van der Waals surface area contributed by atoms with Crippen LogP contribution in [0, 0.1) is 0 Å². The molecule has 2 N–H and O–H groups in total. The van der Waals surface area contributed by atoms with Crippen molar-refractivity contribution in [2.75, 3.05) is 6.61 Å². The van der Waals surface area contributed by atoms with Gasteiger partial charge in [-0.25, -0.2) is 4.79 Å². The minimum absolute atomic E-state index is 0.151. The van der Waals surface area contributed by atoms with Crippen molar-refractivity contribution in [1.82, 2.24) is 10.3 Å². The lowest BCUT2D eigenvalue weighted by atomic mass is 9.96.